The van der Waals surface area contributed by atoms with Gasteiger partial charge in [0, 0.05) is 15.1 Å². The molecule has 0 spiro atoms. The van der Waals surface area contributed by atoms with Gasteiger partial charge in [-0.05, 0) is 47.9 Å². The Morgan fingerprint density at radius 1 is 1.27 bits per heavy atom. The highest BCUT2D eigenvalue weighted by Crippen LogP contribution is 2.36. The lowest BCUT2D eigenvalue weighted by atomic mass is 10.0. The average Bonchev–Trinajstić information content (AvgIpc) is 2.50. The van der Waals surface area contributed by atoms with E-state index in [1.165, 1.54) is 12.1 Å². The quantitative estimate of drug-likeness (QED) is 0.851. The molecule has 1 aliphatic rings. The second-order valence-corrected chi connectivity index (χ2v) is 7.30. The van der Waals surface area contributed by atoms with Crippen molar-refractivity contribution in [2.24, 2.45) is 0 Å². The lowest BCUT2D eigenvalue weighted by molar-refractivity contribution is -0.121. The molecule has 5 heteroatoms. The predicted octanol–water partition coefficient (Wildman–Crippen LogP) is 4.48. The zero-order valence-corrected chi connectivity index (χ0v) is 14.2. The molecule has 0 saturated carbocycles. The summed E-state index contributed by atoms with van der Waals surface area (Å²) < 4.78 is 14.5. The van der Waals surface area contributed by atoms with Crippen LogP contribution in [0, 0.1) is 5.82 Å². The highest BCUT2D eigenvalue weighted by molar-refractivity contribution is 9.10. The van der Waals surface area contributed by atoms with Crippen LogP contribution < -0.4 is 5.32 Å². The number of rotatable bonds is 3. The molecule has 0 saturated heterocycles. The molecule has 1 aliphatic heterocycles. The van der Waals surface area contributed by atoms with E-state index in [9.17, 15) is 9.18 Å². The van der Waals surface area contributed by atoms with Crippen molar-refractivity contribution < 1.29 is 9.18 Å². The van der Waals surface area contributed by atoms with Gasteiger partial charge in [0.1, 0.15) is 5.82 Å². The van der Waals surface area contributed by atoms with E-state index >= 15 is 0 Å². The predicted molar refractivity (Wildman–Crippen MR) is 90.5 cm³/mol. The number of halogens is 2. The Kier molecular flexibility index (Phi) is 4.84. The maximum absolute atomic E-state index is 13.5. The highest BCUT2D eigenvalue weighted by atomic mass is 79.9. The number of hydrogen-bond acceptors (Lipinski definition) is 2. The van der Waals surface area contributed by atoms with Crippen LogP contribution in [0.2, 0.25) is 0 Å². The van der Waals surface area contributed by atoms with Crippen molar-refractivity contribution in [3.63, 3.8) is 0 Å². The van der Waals surface area contributed by atoms with Crippen LogP contribution in [0.3, 0.4) is 0 Å². The molecule has 2 aromatic rings. The molecular formula is C17H15BrFNOS. The van der Waals surface area contributed by atoms with Crippen molar-refractivity contribution >= 4 is 33.6 Å². The number of carbonyl (C=O) groups is 1. The van der Waals surface area contributed by atoms with E-state index < -0.39 is 0 Å². The summed E-state index contributed by atoms with van der Waals surface area (Å²) in [5, 5.41) is 3.03. The molecule has 1 amide bonds. The van der Waals surface area contributed by atoms with Crippen LogP contribution in [0.4, 0.5) is 4.39 Å². The average molecular weight is 380 g/mol. The van der Waals surface area contributed by atoms with Gasteiger partial charge in [-0.3, -0.25) is 4.79 Å². The largest absolute Gasteiger partial charge is 0.349 e. The Hall–Kier alpha value is -1.33. The molecule has 1 heterocycles. The second-order valence-electron chi connectivity index (χ2n) is 5.24. The third-order valence-corrected chi connectivity index (χ3v) is 5.28. The smallest absolute Gasteiger partial charge is 0.224 e. The number of carbonyl (C=O) groups excluding carboxylic acids is 1. The summed E-state index contributed by atoms with van der Waals surface area (Å²) in [4.78, 5) is 13.3. The molecule has 2 nitrogen and oxygen atoms in total. The van der Waals surface area contributed by atoms with Gasteiger partial charge in [0.05, 0.1) is 12.5 Å². The van der Waals surface area contributed by atoms with Crippen LogP contribution in [0.1, 0.15) is 23.6 Å². The number of hydrogen-bond donors (Lipinski definition) is 1. The Bertz CT molecular complexity index is 690. The van der Waals surface area contributed by atoms with Crippen LogP contribution in [0.5, 0.6) is 0 Å². The van der Waals surface area contributed by atoms with Crippen molar-refractivity contribution in [2.45, 2.75) is 23.8 Å². The molecule has 1 atom stereocenters. The van der Waals surface area contributed by atoms with Crippen molar-refractivity contribution in [1.29, 1.82) is 0 Å². The van der Waals surface area contributed by atoms with Gasteiger partial charge in [-0.1, -0.05) is 28.1 Å². The summed E-state index contributed by atoms with van der Waals surface area (Å²) in [5.74, 6) is 0.643. The van der Waals surface area contributed by atoms with E-state index in [2.05, 4.69) is 21.2 Å². The molecule has 0 radical (unpaired) electrons. The van der Waals surface area contributed by atoms with Crippen molar-refractivity contribution in [3.05, 3.63) is 63.9 Å². The number of benzene rings is 2. The van der Waals surface area contributed by atoms with Gasteiger partial charge in [-0.15, -0.1) is 11.8 Å². The molecule has 1 unspecified atom stereocenters. The lowest BCUT2D eigenvalue weighted by Gasteiger charge is -2.26. The monoisotopic (exact) mass is 379 g/mol. The molecule has 1 N–H and O–H groups in total. The number of thioether (sulfide) groups is 1. The fraction of sp³-hybridized carbons (Fsp3) is 0.235. The first-order chi connectivity index (χ1) is 10.6. The van der Waals surface area contributed by atoms with Crippen molar-refractivity contribution in [3.8, 4) is 0 Å². The van der Waals surface area contributed by atoms with Crippen molar-refractivity contribution in [2.75, 3.05) is 5.75 Å². The van der Waals surface area contributed by atoms with E-state index in [0.717, 1.165) is 32.7 Å². The van der Waals surface area contributed by atoms with Gasteiger partial charge in [0.2, 0.25) is 5.91 Å². The van der Waals surface area contributed by atoms with E-state index in [1.807, 2.05) is 24.3 Å². The van der Waals surface area contributed by atoms with Gasteiger partial charge >= 0.3 is 0 Å². The first-order valence-corrected chi connectivity index (χ1v) is 8.86. The minimum atomic E-state index is -0.256. The summed E-state index contributed by atoms with van der Waals surface area (Å²) in [6.45, 7) is 0. The highest BCUT2D eigenvalue weighted by Gasteiger charge is 2.22. The topological polar surface area (TPSA) is 29.1 Å². The summed E-state index contributed by atoms with van der Waals surface area (Å²) >= 11 is 5.09. The van der Waals surface area contributed by atoms with Crippen molar-refractivity contribution in [1.82, 2.24) is 5.32 Å². The Morgan fingerprint density at radius 3 is 2.82 bits per heavy atom. The van der Waals surface area contributed by atoms with Gasteiger partial charge < -0.3 is 5.32 Å². The van der Waals surface area contributed by atoms with Crippen LogP contribution in [0.15, 0.2) is 51.8 Å². The molecule has 22 heavy (non-hydrogen) atoms. The van der Waals surface area contributed by atoms with E-state index in [-0.39, 0.29) is 17.8 Å². The van der Waals surface area contributed by atoms with E-state index in [0.29, 0.717) is 6.42 Å². The molecule has 2 aromatic carbocycles. The standard InChI is InChI=1S/C17H15BrFNOS/c18-12-3-1-11(2-4-12)9-17(21)20-15-7-8-22-16-6-5-13(19)10-14(15)16/h1-6,10,15H,7-9H2,(H,20,21). The van der Waals surface area contributed by atoms with Gasteiger partial charge in [-0.2, -0.15) is 0 Å². The maximum Gasteiger partial charge on any atom is 0.224 e. The minimum absolute atomic E-state index is 0.0329. The Balaban J connectivity index is 1.70. The van der Waals surface area contributed by atoms with E-state index in [1.54, 1.807) is 17.8 Å². The molecule has 0 fully saturated rings. The summed E-state index contributed by atoms with van der Waals surface area (Å²) in [5.41, 5.74) is 1.85. The molecule has 0 bridgehead atoms. The first kappa shape index (κ1) is 15.6. The molecule has 0 aromatic heterocycles. The maximum atomic E-state index is 13.5. The Morgan fingerprint density at radius 2 is 2.05 bits per heavy atom. The van der Waals surface area contributed by atoms with Crippen LogP contribution in [-0.2, 0) is 11.2 Å². The van der Waals surface area contributed by atoms with Gasteiger partial charge in [-0.25, -0.2) is 4.39 Å². The number of amides is 1. The SMILES string of the molecule is O=C(Cc1ccc(Br)cc1)NC1CCSc2ccc(F)cc21. The van der Waals surface area contributed by atoms with Gasteiger partial charge in [0.15, 0.2) is 0 Å². The number of fused-ring (bicyclic) bond motifs is 1. The van der Waals surface area contributed by atoms with Crippen LogP contribution in [0.25, 0.3) is 0 Å². The second kappa shape index (κ2) is 6.84. The fourth-order valence-electron chi connectivity index (χ4n) is 2.55. The van der Waals surface area contributed by atoms with Gasteiger partial charge in [0.25, 0.3) is 0 Å². The van der Waals surface area contributed by atoms with E-state index in [4.69, 9.17) is 0 Å². The third-order valence-electron chi connectivity index (χ3n) is 3.62. The first-order valence-electron chi connectivity index (χ1n) is 7.08. The van der Waals surface area contributed by atoms with Crippen LogP contribution >= 0.6 is 27.7 Å². The normalized spacial score (nSPS) is 16.9. The number of nitrogens with one attached hydrogen (secondary N) is 1. The fourth-order valence-corrected chi connectivity index (χ4v) is 3.92. The summed E-state index contributed by atoms with van der Waals surface area (Å²) in [7, 11) is 0. The molecule has 114 valence electrons. The lowest BCUT2D eigenvalue weighted by Crippen LogP contribution is -2.31. The summed E-state index contributed by atoms with van der Waals surface area (Å²) in [6.07, 6.45) is 1.16. The van der Waals surface area contributed by atoms with Crippen LogP contribution in [-0.4, -0.2) is 11.7 Å². The zero-order valence-electron chi connectivity index (χ0n) is 11.8. The molecule has 0 aliphatic carbocycles. The summed E-state index contributed by atoms with van der Waals surface area (Å²) in [6, 6.07) is 12.4. The zero-order chi connectivity index (χ0) is 15.5. The molecular weight excluding hydrogens is 365 g/mol. The minimum Gasteiger partial charge on any atom is -0.349 e. The molecule has 3 rings (SSSR count). The Labute approximate surface area is 141 Å². The third kappa shape index (κ3) is 3.70.